The Hall–Kier alpha value is -0.280. The first kappa shape index (κ1) is 11.2. The van der Waals surface area contributed by atoms with E-state index in [0.29, 0.717) is 6.04 Å². The number of halogens is 1. The first-order valence-electron chi connectivity index (χ1n) is 5.76. The molecule has 0 spiro atoms. The van der Waals surface area contributed by atoms with Gasteiger partial charge in [-0.1, -0.05) is 6.92 Å². The van der Waals surface area contributed by atoms with Crippen LogP contribution >= 0.6 is 15.9 Å². The second-order valence-corrected chi connectivity index (χ2v) is 5.09. The Bertz CT molecular complexity index is 306. The van der Waals surface area contributed by atoms with Crippen molar-refractivity contribution in [1.82, 2.24) is 5.32 Å². The van der Waals surface area contributed by atoms with Crippen molar-refractivity contribution in [3.05, 3.63) is 22.6 Å². The van der Waals surface area contributed by atoms with Gasteiger partial charge in [0.2, 0.25) is 0 Å². The zero-order valence-corrected chi connectivity index (χ0v) is 10.7. The predicted octanol–water partition coefficient (Wildman–Crippen LogP) is 3.36. The van der Waals surface area contributed by atoms with E-state index in [2.05, 4.69) is 28.2 Å². The lowest BCUT2D eigenvalue weighted by Crippen LogP contribution is -2.31. The Balaban J connectivity index is 1.82. The van der Waals surface area contributed by atoms with Crippen LogP contribution in [0.2, 0.25) is 0 Å². The quantitative estimate of drug-likeness (QED) is 0.859. The Morgan fingerprint density at radius 2 is 2.40 bits per heavy atom. The smallest absolute Gasteiger partial charge is 0.117 e. The van der Waals surface area contributed by atoms with Crippen LogP contribution in [0.3, 0.4) is 0 Å². The largest absolute Gasteiger partial charge is 0.468 e. The lowest BCUT2D eigenvalue weighted by Gasteiger charge is -2.16. The maximum Gasteiger partial charge on any atom is 0.117 e. The Labute approximate surface area is 99.6 Å². The summed E-state index contributed by atoms with van der Waals surface area (Å²) in [5.74, 6) is 2.00. The summed E-state index contributed by atoms with van der Waals surface area (Å²) in [6.45, 7) is 3.25. The van der Waals surface area contributed by atoms with Gasteiger partial charge in [-0.05, 0) is 53.7 Å². The molecule has 15 heavy (non-hydrogen) atoms. The lowest BCUT2D eigenvalue weighted by atomic mass is 10.1. The third-order valence-electron chi connectivity index (χ3n) is 3.03. The van der Waals surface area contributed by atoms with Crippen LogP contribution in [0.25, 0.3) is 0 Å². The minimum Gasteiger partial charge on any atom is -0.468 e. The van der Waals surface area contributed by atoms with Crippen LogP contribution in [0.4, 0.5) is 0 Å². The van der Waals surface area contributed by atoms with Crippen LogP contribution in [0, 0.1) is 5.92 Å². The highest BCUT2D eigenvalue weighted by Crippen LogP contribution is 2.34. The minimum absolute atomic E-state index is 0.687. The van der Waals surface area contributed by atoms with Crippen molar-refractivity contribution in [2.75, 3.05) is 6.54 Å². The first-order chi connectivity index (χ1) is 7.31. The molecule has 1 atom stereocenters. The van der Waals surface area contributed by atoms with Gasteiger partial charge in [0.05, 0.1) is 10.7 Å². The number of aryl methyl sites for hydroxylation is 1. The molecule has 1 aliphatic carbocycles. The van der Waals surface area contributed by atoms with Gasteiger partial charge in [0.15, 0.2) is 0 Å². The van der Waals surface area contributed by atoms with Crippen molar-refractivity contribution < 1.29 is 4.42 Å². The lowest BCUT2D eigenvalue weighted by molar-refractivity contribution is 0.418. The van der Waals surface area contributed by atoms with Crippen molar-refractivity contribution in [1.29, 1.82) is 0 Å². The molecule has 1 unspecified atom stereocenters. The van der Waals surface area contributed by atoms with Gasteiger partial charge < -0.3 is 9.73 Å². The monoisotopic (exact) mass is 271 g/mol. The molecule has 1 N–H and O–H groups in total. The van der Waals surface area contributed by atoms with E-state index in [0.717, 1.165) is 29.1 Å². The second-order valence-electron chi connectivity index (χ2n) is 4.23. The third-order valence-corrected chi connectivity index (χ3v) is 3.74. The number of hydrogen-bond donors (Lipinski definition) is 1. The van der Waals surface area contributed by atoms with E-state index in [-0.39, 0.29) is 0 Å². The predicted molar refractivity (Wildman–Crippen MR) is 64.9 cm³/mol. The van der Waals surface area contributed by atoms with Crippen molar-refractivity contribution in [3.63, 3.8) is 0 Å². The molecular weight excluding hydrogens is 254 g/mol. The molecule has 1 aromatic heterocycles. The summed E-state index contributed by atoms with van der Waals surface area (Å²) in [6, 6.07) is 2.65. The Morgan fingerprint density at radius 3 is 2.93 bits per heavy atom. The van der Waals surface area contributed by atoms with Gasteiger partial charge in [0, 0.05) is 12.5 Å². The molecule has 0 saturated heterocycles. The van der Waals surface area contributed by atoms with E-state index in [1.807, 2.05) is 6.07 Å². The highest BCUT2D eigenvalue weighted by molar-refractivity contribution is 9.10. The number of rotatable bonds is 6. The molecule has 1 aliphatic rings. The maximum atomic E-state index is 5.42. The molecule has 3 heteroatoms. The third kappa shape index (κ3) is 3.08. The van der Waals surface area contributed by atoms with Gasteiger partial charge >= 0.3 is 0 Å². The zero-order valence-electron chi connectivity index (χ0n) is 9.13. The number of nitrogens with one attached hydrogen (secondary N) is 1. The molecule has 2 nitrogen and oxygen atoms in total. The molecular formula is C12H18BrNO. The van der Waals surface area contributed by atoms with Crippen LogP contribution in [0.15, 0.2) is 21.2 Å². The fraction of sp³-hybridized carbons (Fsp3) is 0.667. The van der Waals surface area contributed by atoms with Crippen molar-refractivity contribution >= 4 is 15.9 Å². The summed E-state index contributed by atoms with van der Waals surface area (Å²) in [5, 5.41) is 3.57. The first-order valence-corrected chi connectivity index (χ1v) is 6.55. The molecule has 2 rings (SSSR count). The summed E-state index contributed by atoms with van der Waals surface area (Å²) in [4.78, 5) is 0. The fourth-order valence-corrected chi connectivity index (χ4v) is 2.45. The van der Waals surface area contributed by atoms with E-state index >= 15 is 0 Å². The van der Waals surface area contributed by atoms with Crippen LogP contribution in [0.5, 0.6) is 0 Å². The van der Waals surface area contributed by atoms with Gasteiger partial charge in [0.25, 0.3) is 0 Å². The Kier molecular flexibility index (Phi) is 3.87. The number of hydrogen-bond acceptors (Lipinski definition) is 2. The van der Waals surface area contributed by atoms with Crippen molar-refractivity contribution in [3.8, 4) is 0 Å². The average molecular weight is 272 g/mol. The van der Waals surface area contributed by atoms with Crippen LogP contribution < -0.4 is 5.32 Å². The molecule has 0 aromatic carbocycles. The number of furan rings is 1. The average Bonchev–Trinajstić information content (AvgIpc) is 2.98. The molecule has 0 aliphatic heterocycles. The van der Waals surface area contributed by atoms with Crippen LogP contribution in [-0.4, -0.2) is 12.6 Å². The molecule has 1 heterocycles. The summed E-state index contributed by atoms with van der Waals surface area (Å²) in [7, 11) is 0. The summed E-state index contributed by atoms with van der Waals surface area (Å²) in [5.41, 5.74) is 0. The van der Waals surface area contributed by atoms with E-state index in [1.54, 1.807) is 6.26 Å². The second kappa shape index (κ2) is 5.17. The van der Waals surface area contributed by atoms with Gasteiger partial charge in [0.1, 0.15) is 5.76 Å². The SMILES string of the molecule is CCNC(CCc1occc1Br)C1CC1. The standard InChI is InChI=1S/C12H18BrNO/c1-2-14-11(9-3-4-9)5-6-12-10(13)7-8-15-12/h7-9,11,14H,2-6H2,1H3. The topological polar surface area (TPSA) is 25.2 Å². The van der Waals surface area contributed by atoms with E-state index < -0.39 is 0 Å². The van der Waals surface area contributed by atoms with Gasteiger partial charge in [-0.15, -0.1) is 0 Å². The van der Waals surface area contributed by atoms with Gasteiger partial charge in [-0.2, -0.15) is 0 Å². The molecule has 1 fully saturated rings. The highest BCUT2D eigenvalue weighted by atomic mass is 79.9. The highest BCUT2D eigenvalue weighted by Gasteiger charge is 2.30. The summed E-state index contributed by atoms with van der Waals surface area (Å²) < 4.78 is 6.52. The summed E-state index contributed by atoms with van der Waals surface area (Å²) in [6.07, 6.45) is 6.76. The Morgan fingerprint density at radius 1 is 1.60 bits per heavy atom. The molecule has 0 bridgehead atoms. The normalized spacial score (nSPS) is 18.0. The van der Waals surface area contributed by atoms with E-state index in [4.69, 9.17) is 4.42 Å². The minimum atomic E-state index is 0.687. The van der Waals surface area contributed by atoms with E-state index in [9.17, 15) is 0 Å². The van der Waals surface area contributed by atoms with Gasteiger partial charge in [-0.25, -0.2) is 0 Å². The molecule has 0 amide bonds. The molecule has 1 aromatic rings. The van der Waals surface area contributed by atoms with Gasteiger partial charge in [-0.3, -0.25) is 0 Å². The van der Waals surface area contributed by atoms with Crippen LogP contribution in [0.1, 0.15) is 31.9 Å². The molecule has 0 radical (unpaired) electrons. The zero-order chi connectivity index (χ0) is 10.7. The summed E-state index contributed by atoms with van der Waals surface area (Å²) >= 11 is 3.49. The maximum absolute atomic E-state index is 5.42. The molecule has 1 saturated carbocycles. The van der Waals surface area contributed by atoms with Crippen molar-refractivity contribution in [2.45, 2.75) is 38.6 Å². The fourth-order valence-electron chi connectivity index (χ4n) is 2.06. The van der Waals surface area contributed by atoms with Crippen molar-refractivity contribution in [2.24, 2.45) is 5.92 Å². The van der Waals surface area contributed by atoms with Crippen LogP contribution in [-0.2, 0) is 6.42 Å². The molecule has 84 valence electrons. The van der Waals surface area contributed by atoms with E-state index in [1.165, 1.54) is 19.3 Å².